The number of esters is 1. The van der Waals surface area contributed by atoms with Gasteiger partial charge >= 0.3 is 5.97 Å². The maximum atomic E-state index is 12.6. The van der Waals surface area contributed by atoms with Crippen LogP contribution in [0.4, 0.5) is 0 Å². The van der Waals surface area contributed by atoms with Gasteiger partial charge in [-0.25, -0.2) is 4.79 Å². The Balaban J connectivity index is 1.75. The van der Waals surface area contributed by atoms with Crippen molar-refractivity contribution in [1.29, 1.82) is 0 Å². The van der Waals surface area contributed by atoms with Gasteiger partial charge in [0.05, 0.1) is 26.0 Å². The molecule has 3 rings (SSSR count). The molecule has 0 atom stereocenters. The summed E-state index contributed by atoms with van der Waals surface area (Å²) < 4.78 is 20.6. The predicted molar refractivity (Wildman–Crippen MR) is 112 cm³/mol. The Morgan fingerprint density at radius 2 is 1.45 bits per heavy atom. The summed E-state index contributed by atoms with van der Waals surface area (Å²) in [4.78, 5) is 24.9. The average molecular weight is 424 g/mol. The maximum Gasteiger partial charge on any atom is 0.344 e. The lowest BCUT2D eigenvalue weighted by molar-refractivity contribution is -0.124. The normalized spacial score (nSPS) is 10.6. The van der Waals surface area contributed by atoms with Crippen molar-refractivity contribution in [2.24, 2.45) is 0 Å². The first-order valence-electron chi connectivity index (χ1n) is 9.60. The van der Waals surface area contributed by atoms with Gasteiger partial charge in [-0.1, -0.05) is 29.4 Å². The highest BCUT2D eigenvalue weighted by molar-refractivity contribution is 5.93. The second kappa shape index (κ2) is 9.80. The van der Waals surface area contributed by atoms with Gasteiger partial charge < -0.3 is 24.1 Å². The largest absolute Gasteiger partial charge is 0.497 e. The fourth-order valence-electron chi connectivity index (χ4n) is 3.13. The van der Waals surface area contributed by atoms with Crippen LogP contribution in [0.1, 0.15) is 39.0 Å². The van der Waals surface area contributed by atoms with Crippen LogP contribution in [-0.2, 0) is 9.53 Å². The van der Waals surface area contributed by atoms with E-state index < -0.39 is 24.5 Å². The molecule has 162 valence electrons. The average Bonchev–Trinajstić information content (AvgIpc) is 3.14. The van der Waals surface area contributed by atoms with E-state index in [0.717, 1.165) is 11.1 Å². The van der Waals surface area contributed by atoms with Crippen molar-refractivity contribution >= 4 is 11.9 Å². The number of benzene rings is 2. The first-order valence-corrected chi connectivity index (χ1v) is 9.60. The zero-order valence-corrected chi connectivity index (χ0v) is 17.8. The van der Waals surface area contributed by atoms with E-state index in [1.165, 1.54) is 0 Å². The van der Waals surface area contributed by atoms with Crippen molar-refractivity contribution < 1.29 is 28.3 Å². The summed E-state index contributed by atoms with van der Waals surface area (Å²) in [7, 11) is 3.18. The summed E-state index contributed by atoms with van der Waals surface area (Å²) in [6.45, 7) is 2.81. The van der Waals surface area contributed by atoms with Gasteiger partial charge in [-0.15, -0.1) is 0 Å². The molecule has 8 nitrogen and oxygen atoms in total. The molecule has 0 aliphatic heterocycles. The van der Waals surface area contributed by atoms with Crippen LogP contribution in [0, 0.1) is 13.8 Å². The molecule has 1 heterocycles. The Hall–Kier alpha value is -3.81. The number of methoxy groups -OCH3 is 2. The Kier molecular flexibility index (Phi) is 6.92. The Morgan fingerprint density at radius 1 is 0.935 bits per heavy atom. The van der Waals surface area contributed by atoms with Gasteiger partial charge in [-0.3, -0.25) is 4.79 Å². The second-order valence-electron chi connectivity index (χ2n) is 6.82. The highest BCUT2D eigenvalue weighted by atomic mass is 16.5. The van der Waals surface area contributed by atoms with E-state index >= 15 is 0 Å². The van der Waals surface area contributed by atoms with Crippen LogP contribution < -0.4 is 14.8 Å². The highest BCUT2D eigenvalue weighted by Gasteiger charge is 2.22. The summed E-state index contributed by atoms with van der Waals surface area (Å²) >= 11 is 0. The lowest BCUT2D eigenvalue weighted by Crippen LogP contribution is -2.33. The molecule has 1 aromatic heterocycles. The van der Waals surface area contributed by atoms with Crippen LogP contribution in [0.25, 0.3) is 0 Å². The molecule has 3 aromatic rings. The Labute approximate surface area is 180 Å². The molecule has 0 aliphatic rings. The van der Waals surface area contributed by atoms with Crippen molar-refractivity contribution in [3.8, 4) is 11.5 Å². The topological polar surface area (TPSA) is 99.9 Å². The van der Waals surface area contributed by atoms with E-state index in [-0.39, 0.29) is 5.56 Å². The quantitative estimate of drug-likeness (QED) is 0.554. The summed E-state index contributed by atoms with van der Waals surface area (Å²) in [6.07, 6.45) is 0. The third-order valence-corrected chi connectivity index (χ3v) is 4.78. The van der Waals surface area contributed by atoms with Crippen molar-refractivity contribution in [3.63, 3.8) is 0 Å². The molecule has 0 spiro atoms. The minimum Gasteiger partial charge on any atom is -0.497 e. The number of carbonyl (C=O) groups is 2. The molecule has 0 saturated heterocycles. The lowest BCUT2D eigenvalue weighted by atomic mass is 9.98. The molecule has 1 amide bonds. The second-order valence-corrected chi connectivity index (χ2v) is 6.82. The van der Waals surface area contributed by atoms with Gasteiger partial charge in [0, 0.05) is 0 Å². The lowest BCUT2D eigenvalue weighted by Gasteiger charge is -2.20. The smallest absolute Gasteiger partial charge is 0.344 e. The van der Waals surface area contributed by atoms with Crippen molar-refractivity contribution in [2.75, 3.05) is 20.8 Å². The number of hydrogen-bond acceptors (Lipinski definition) is 7. The summed E-state index contributed by atoms with van der Waals surface area (Å²) in [5, 5.41) is 6.64. The van der Waals surface area contributed by atoms with E-state index in [1.54, 1.807) is 28.1 Å². The molecule has 8 heteroatoms. The fourth-order valence-corrected chi connectivity index (χ4v) is 3.13. The molecular formula is C23H24N2O6. The van der Waals surface area contributed by atoms with Gasteiger partial charge in [0.25, 0.3) is 5.91 Å². The highest BCUT2D eigenvalue weighted by Crippen LogP contribution is 2.26. The molecule has 0 radical (unpaired) electrons. The molecule has 31 heavy (non-hydrogen) atoms. The number of amides is 1. The summed E-state index contributed by atoms with van der Waals surface area (Å²) in [6, 6.07) is 14.3. The van der Waals surface area contributed by atoms with Gasteiger partial charge in [0.1, 0.15) is 22.8 Å². The number of aryl methyl sites for hydroxylation is 2. The molecule has 2 aromatic carbocycles. The molecule has 0 aliphatic carbocycles. The van der Waals surface area contributed by atoms with E-state index in [1.807, 2.05) is 48.5 Å². The molecule has 0 unspecified atom stereocenters. The first kappa shape index (κ1) is 21.9. The Morgan fingerprint density at radius 3 is 1.87 bits per heavy atom. The summed E-state index contributed by atoms with van der Waals surface area (Å²) in [5.74, 6) is 0.653. The van der Waals surface area contributed by atoms with Gasteiger partial charge in [0.2, 0.25) is 0 Å². The first-order chi connectivity index (χ1) is 14.9. The molecular weight excluding hydrogens is 400 g/mol. The van der Waals surface area contributed by atoms with Crippen molar-refractivity contribution in [1.82, 2.24) is 10.5 Å². The van der Waals surface area contributed by atoms with Crippen molar-refractivity contribution in [2.45, 2.75) is 19.9 Å². The monoisotopic (exact) mass is 424 g/mol. The number of carbonyl (C=O) groups excluding carboxylic acids is 2. The van der Waals surface area contributed by atoms with E-state index in [0.29, 0.717) is 23.0 Å². The van der Waals surface area contributed by atoms with Gasteiger partial charge in [0.15, 0.2) is 6.61 Å². The van der Waals surface area contributed by atoms with E-state index in [2.05, 4.69) is 10.5 Å². The number of nitrogens with zero attached hydrogens (tertiary/aromatic N) is 1. The van der Waals surface area contributed by atoms with Crippen LogP contribution in [-0.4, -0.2) is 37.9 Å². The van der Waals surface area contributed by atoms with Gasteiger partial charge in [-0.05, 0) is 49.2 Å². The van der Waals surface area contributed by atoms with E-state index in [4.69, 9.17) is 18.7 Å². The van der Waals surface area contributed by atoms with Gasteiger partial charge in [-0.2, -0.15) is 0 Å². The molecule has 1 N–H and O–H groups in total. The summed E-state index contributed by atoms with van der Waals surface area (Å²) in [5.41, 5.74) is 2.33. The Bertz CT molecular complexity index is 974. The number of nitrogens with one attached hydrogen (secondary N) is 1. The standard InChI is InChI=1S/C23H24N2O6/c1-14-21(15(2)31-25-14)23(27)30-13-20(26)24-22(16-5-9-18(28-3)10-6-16)17-7-11-19(29-4)12-8-17/h5-12,22H,13H2,1-4H3,(H,24,26). The third-order valence-electron chi connectivity index (χ3n) is 4.78. The predicted octanol–water partition coefficient (Wildman–Crippen LogP) is 3.37. The SMILES string of the molecule is COc1ccc(C(NC(=O)COC(=O)c2c(C)noc2C)c2ccc(OC)cc2)cc1. The number of ether oxygens (including phenoxy) is 3. The van der Waals surface area contributed by atoms with Crippen LogP contribution in [0.15, 0.2) is 53.1 Å². The minimum atomic E-state index is -0.656. The number of hydrogen-bond donors (Lipinski definition) is 1. The zero-order chi connectivity index (χ0) is 22.4. The van der Waals surface area contributed by atoms with E-state index in [9.17, 15) is 9.59 Å². The van der Waals surface area contributed by atoms with Crippen LogP contribution in [0.3, 0.4) is 0 Å². The number of rotatable bonds is 8. The minimum absolute atomic E-state index is 0.231. The number of aromatic nitrogens is 1. The maximum absolute atomic E-state index is 12.6. The van der Waals surface area contributed by atoms with Crippen LogP contribution >= 0.6 is 0 Å². The third kappa shape index (κ3) is 5.22. The van der Waals surface area contributed by atoms with Crippen LogP contribution in [0.2, 0.25) is 0 Å². The fraction of sp³-hybridized carbons (Fsp3) is 0.261. The molecule has 0 fully saturated rings. The van der Waals surface area contributed by atoms with Crippen LogP contribution in [0.5, 0.6) is 11.5 Å². The molecule has 0 bridgehead atoms. The zero-order valence-electron chi connectivity index (χ0n) is 17.8. The molecule has 0 saturated carbocycles. The van der Waals surface area contributed by atoms with Crippen molar-refractivity contribution in [3.05, 3.63) is 76.7 Å².